The van der Waals surface area contributed by atoms with Gasteiger partial charge < -0.3 is 9.32 Å². The smallest absolute Gasteiger partial charge is 0.137 e. The lowest BCUT2D eigenvalue weighted by atomic mass is 9.96. The second kappa shape index (κ2) is 9.43. The highest BCUT2D eigenvalue weighted by Crippen LogP contribution is 2.46. The molecule has 0 amide bonds. The summed E-state index contributed by atoms with van der Waals surface area (Å²) in [5.41, 5.74) is 5.13. The Kier molecular flexibility index (Phi) is 5.19. The molecule has 3 heteroatoms. The number of furan rings is 1. The van der Waals surface area contributed by atoms with Crippen molar-refractivity contribution in [3.8, 4) is 0 Å². The third kappa shape index (κ3) is 3.68. The van der Waals surface area contributed by atoms with Gasteiger partial charge in [0.2, 0.25) is 0 Å². The van der Waals surface area contributed by atoms with Gasteiger partial charge >= 0.3 is 0 Å². The first-order chi connectivity index (χ1) is 22.3. The highest BCUT2D eigenvalue weighted by Gasteiger charge is 2.20. The van der Waals surface area contributed by atoms with Crippen LogP contribution in [-0.4, -0.2) is 0 Å². The minimum atomic E-state index is 0.888. The van der Waals surface area contributed by atoms with Gasteiger partial charge in [-0.05, 0) is 80.8 Å². The fourth-order valence-corrected chi connectivity index (χ4v) is 8.30. The van der Waals surface area contributed by atoms with Crippen molar-refractivity contribution in [3.05, 3.63) is 152 Å². The highest BCUT2D eigenvalue weighted by atomic mass is 32.1. The molecule has 0 bridgehead atoms. The number of thiophene rings is 1. The van der Waals surface area contributed by atoms with E-state index >= 15 is 0 Å². The van der Waals surface area contributed by atoms with Crippen LogP contribution in [0.15, 0.2) is 156 Å². The summed E-state index contributed by atoms with van der Waals surface area (Å²) in [5.74, 6) is 0. The van der Waals surface area contributed by atoms with Crippen LogP contribution in [0.25, 0.3) is 74.4 Å². The van der Waals surface area contributed by atoms with Gasteiger partial charge in [0, 0.05) is 48.4 Å². The molecule has 0 saturated heterocycles. The molecule has 2 aromatic heterocycles. The summed E-state index contributed by atoms with van der Waals surface area (Å²) >= 11 is 1.85. The predicted octanol–water partition coefficient (Wildman–Crippen LogP) is 12.9. The van der Waals surface area contributed by atoms with E-state index in [0.29, 0.717) is 0 Å². The minimum absolute atomic E-state index is 0.888. The predicted molar refractivity (Wildman–Crippen MR) is 194 cm³/mol. The molecule has 8 aromatic carbocycles. The Bertz CT molecular complexity index is 2790. The van der Waals surface area contributed by atoms with Gasteiger partial charge in [-0.1, -0.05) is 97.1 Å². The number of rotatable bonds is 3. The van der Waals surface area contributed by atoms with Gasteiger partial charge in [0.15, 0.2) is 0 Å². The number of hydrogen-bond donors (Lipinski definition) is 0. The molecule has 0 N–H and O–H groups in total. The molecule has 0 aliphatic rings. The Labute approximate surface area is 263 Å². The minimum Gasteiger partial charge on any atom is -0.456 e. The highest BCUT2D eigenvalue weighted by molar-refractivity contribution is 7.26. The van der Waals surface area contributed by atoms with E-state index in [0.717, 1.165) is 39.0 Å². The second-order valence-corrected chi connectivity index (χ2v) is 12.8. The Hall–Kier alpha value is -5.64. The average Bonchev–Trinajstić information content (AvgIpc) is 3.66. The molecule has 10 rings (SSSR count). The maximum atomic E-state index is 6.40. The number of anilines is 3. The van der Waals surface area contributed by atoms with Gasteiger partial charge in [0.25, 0.3) is 0 Å². The monoisotopic (exact) mass is 591 g/mol. The normalized spacial score (nSPS) is 12.0. The van der Waals surface area contributed by atoms with Gasteiger partial charge in [-0.3, -0.25) is 0 Å². The van der Waals surface area contributed by atoms with Crippen LogP contribution in [0.3, 0.4) is 0 Å². The summed E-state index contributed by atoms with van der Waals surface area (Å²) in [4.78, 5) is 2.41. The van der Waals surface area contributed by atoms with Gasteiger partial charge in [-0.15, -0.1) is 11.3 Å². The van der Waals surface area contributed by atoms with Gasteiger partial charge in [-0.25, -0.2) is 0 Å². The number of fused-ring (bicyclic) bond motifs is 11. The Morgan fingerprint density at radius 1 is 0.400 bits per heavy atom. The Morgan fingerprint density at radius 2 is 1.02 bits per heavy atom. The van der Waals surface area contributed by atoms with Crippen molar-refractivity contribution < 1.29 is 4.42 Å². The summed E-state index contributed by atoms with van der Waals surface area (Å²) < 4.78 is 8.98. The molecule has 2 nitrogen and oxygen atoms in total. The van der Waals surface area contributed by atoms with Crippen LogP contribution in [0.5, 0.6) is 0 Å². The summed E-state index contributed by atoms with van der Waals surface area (Å²) in [7, 11) is 0. The van der Waals surface area contributed by atoms with Crippen LogP contribution in [0.1, 0.15) is 0 Å². The number of para-hydroxylation sites is 1. The third-order valence-corrected chi connectivity index (χ3v) is 10.4. The van der Waals surface area contributed by atoms with Crippen LogP contribution < -0.4 is 4.90 Å². The maximum absolute atomic E-state index is 6.40. The second-order valence-electron chi connectivity index (χ2n) is 11.7. The van der Waals surface area contributed by atoms with Crippen molar-refractivity contribution in [1.82, 2.24) is 0 Å². The van der Waals surface area contributed by atoms with E-state index in [-0.39, 0.29) is 0 Å². The number of nitrogens with zero attached hydrogens (tertiary/aromatic N) is 1. The molecule has 10 aromatic rings. The quantitative estimate of drug-likeness (QED) is 0.190. The van der Waals surface area contributed by atoms with Crippen LogP contribution in [0.4, 0.5) is 17.1 Å². The first-order valence-electron chi connectivity index (χ1n) is 15.3. The molecule has 0 atom stereocenters. The zero-order chi connectivity index (χ0) is 29.5. The molecule has 0 spiro atoms. The zero-order valence-corrected chi connectivity index (χ0v) is 25.0. The van der Waals surface area contributed by atoms with Crippen LogP contribution in [0.2, 0.25) is 0 Å². The molecular weight excluding hydrogens is 567 g/mol. The molecular formula is C42H25NOS. The average molecular weight is 592 g/mol. The molecule has 0 aliphatic carbocycles. The summed E-state index contributed by atoms with van der Waals surface area (Å²) in [6.07, 6.45) is 0. The fraction of sp³-hybridized carbons (Fsp3) is 0. The molecule has 0 unspecified atom stereocenters. The largest absolute Gasteiger partial charge is 0.456 e. The van der Waals surface area contributed by atoms with Crippen LogP contribution >= 0.6 is 11.3 Å². The lowest BCUT2D eigenvalue weighted by Gasteiger charge is -2.27. The van der Waals surface area contributed by atoms with Crippen LogP contribution in [-0.2, 0) is 0 Å². The summed E-state index contributed by atoms with van der Waals surface area (Å²) in [6, 6.07) is 54.9. The maximum Gasteiger partial charge on any atom is 0.137 e. The molecule has 45 heavy (non-hydrogen) atoms. The zero-order valence-electron chi connectivity index (χ0n) is 24.2. The number of benzene rings is 8. The molecule has 0 radical (unpaired) electrons. The third-order valence-electron chi connectivity index (χ3n) is 9.23. The fourth-order valence-electron chi connectivity index (χ4n) is 7.17. The first-order valence-corrected chi connectivity index (χ1v) is 16.1. The molecule has 0 saturated carbocycles. The van der Waals surface area contributed by atoms with E-state index in [1.807, 2.05) is 23.5 Å². The SMILES string of the molecule is c1ccc2c(c1)ccc1c3cc(N(c4ccc5c(c4)oc4ccccc45)c4cccc5sc6ccccc6c45)ccc3ccc21. The standard InChI is InChI=1S/C42H25NOS/c1-2-9-30-26(8-1)17-22-32-31(30)21-18-27-16-19-28(24-36(27)32)43(29-20-23-34-33-10-3-5-13-38(33)44-39(34)25-29)37-12-7-15-41-42(37)35-11-4-6-14-40(35)45-41/h1-25H. The van der Waals surface area contributed by atoms with Crippen molar-refractivity contribution in [3.63, 3.8) is 0 Å². The Balaban J connectivity index is 1.28. The first kappa shape index (κ1) is 24.8. The van der Waals surface area contributed by atoms with Crippen molar-refractivity contribution >= 4 is 103 Å². The van der Waals surface area contributed by atoms with Crippen molar-refractivity contribution in [2.45, 2.75) is 0 Å². The van der Waals surface area contributed by atoms with Crippen molar-refractivity contribution in [1.29, 1.82) is 0 Å². The molecule has 210 valence electrons. The summed E-state index contributed by atoms with van der Waals surface area (Å²) in [6.45, 7) is 0. The van der Waals surface area contributed by atoms with E-state index in [1.54, 1.807) is 0 Å². The van der Waals surface area contributed by atoms with E-state index < -0.39 is 0 Å². The lowest BCUT2D eigenvalue weighted by molar-refractivity contribution is 0.669. The molecule has 0 aliphatic heterocycles. The Morgan fingerprint density at radius 3 is 1.93 bits per heavy atom. The van der Waals surface area contributed by atoms with E-state index in [9.17, 15) is 0 Å². The van der Waals surface area contributed by atoms with Gasteiger partial charge in [0.05, 0.1) is 5.69 Å². The van der Waals surface area contributed by atoms with Gasteiger partial charge in [-0.2, -0.15) is 0 Å². The van der Waals surface area contributed by atoms with Gasteiger partial charge in [0.1, 0.15) is 11.2 Å². The van der Waals surface area contributed by atoms with E-state index in [4.69, 9.17) is 4.42 Å². The van der Waals surface area contributed by atoms with E-state index in [2.05, 4.69) is 144 Å². The molecule has 2 heterocycles. The van der Waals surface area contributed by atoms with E-state index in [1.165, 1.54) is 52.5 Å². The van der Waals surface area contributed by atoms with Crippen molar-refractivity contribution in [2.75, 3.05) is 4.90 Å². The number of hydrogen-bond acceptors (Lipinski definition) is 3. The molecule has 0 fully saturated rings. The van der Waals surface area contributed by atoms with Crippen LogP contribution in [0, 0.1) is 0 Å². The van der Waals surface area contributed by atoms with Crippen molar-refractivity contribution in [2.24, 2.45) is 0 Å². The summed E-state index contributed by atoms with van der Waals surface area (Å²) in [5, 5.41) is 12.4. The lowest BCUT2D eigenvalue weighted by Crippen LogP contribution is -2.10. The topological polar surface area (TPSA) is 16.4 Å².